The van der Waals surface area contributed by atoms with Gasteiger partial charge in [-0.3, -0.25) is 0 Å². The number of thioether (sulfide) groups is 1. The van der Waals surface area contributed by atoms with E-state index in [-0.39, 0.29) is 18.0 Å². The minimum atomic E-state index is -1.01. The van der Waals surface area contributed by atoms with Gasteiger partial charge in [0.25, 0.3) is 0 Å². The fourth-order valence-electron chi connectivity index (χ4n) is 4.38. The molecule has 2 heterocycles. The number of aryl methyl sites for hydroxylation is 1. The molecule has 4 aromatic rings. The van der Waals surface area contributed by atoms with Crippen molar-refractivity contribution in [3.05, 3.63) is 110 Å². The van der Waals surface area contributed by atoms with Gasteiger partial charge in [-0.25, -0.2) is 13.8 Å². The average Bonchev–Trinajstić information content (AvgIpc) is 3.49. The summed E-state index contributed by atoms with van der Waals surface area (Å²) in [4.78, 5) is -1.01. The van der Waals surface area contributed by atoms with Gasteiger partial charge in [0.15, 0.2) is 0 Å². The summed E-state index contributed by atoms with van der Waals surface area (Å²) < 4.78 is 29.2. The van der Waals surface area contributed by atoms with Crippen LogP contribution >= 0.6 is 46.3 Å². The molecule has 5 rings (SSSR count). The maximum absolute atomic E-state index is 15.0. The molecule has 3 aromatic carbocycles. The largest absolute Gasteiger partial charge is 0.330 e. The number of nitrogens with zero attached hydrogens (tertiary/aromatic N) is 4. The first-order valence-corrected chi connectivity index (χ1v) is 13.7. The van der Waals surface area contributed by atoms with Crippen LogP contribution in [0.25, 0.3) is 0 Å². The summed E-state index contributed by atoms with van der Waals surface area (Å²) in [6.45, 7) is 2.12. The van der Waals surface area contributed by atoms with Gasteiger partial charge >= 0.3 is 0 Å². The highest BCUT2D eigenvalue weighted by atomic mass is 35.5. The molecule has 0 saturated heterocycles. The number of benzene rings is 3. The molecule has 0 aliphatic carbocycles. The van der Waals surface area contributed by atoms with Crippen molar-refractivity contribution in [2.75, 3.05) is 11.6 Å². The molecule has 2 atom stereocenters. The Labute approximate surface area is 231 Å². The zero-order valence-corrected chi connectivity index (χ0v) is 22.7. The van der Waals surface area contributed by atoms with Crippen molar-refractivity contribution in [2.24, 2.45) is 10.8 Å². The number of anilines is 1. The number of hydrogen-bond acceptors (Lipinski definition) is 7. The molecule has 2 N–H and O–H groups in total. The Morgan fingerprint density at radius 3 is 2.41 bits per heavy atom. The lowest BCUT2D eigenvalue weighted by atomic mass is 9.88. The second-order valence-electron chi connectivity index (χ2n) is 8.47. The van der Waals surface area contributed by atoms with Gasteiger partial charge in [-0.2, -0.15) is 5.10 Å². The first-order valence-electron chi connectivity index (χ1n) is 11.4. The van der Waals surface area contributed by atoms with Crippen molar-refractivity contribution in [3.63, 3.8) is 0 Å². The first-order chi connectivity index (χ1) is 17.8. The molecular weight excluding hydrogens is 555 g/mol. The minimum absolute atomic E-state index is 0.0483. The van der Waals surface area contributed by atoms with Gasteiger partial charge in [0.1, 0.15) is 26.6 Å². The number of aromatic nitrogens is 2. The van der Waals surface area contributed by atoms with E-state index < -0.39 is 16.5 Å². The highest BCUT2D eigenvalue weighted by Gasteiger charge is 2.50. The number of hydrogen-bond donors (Lipinski definition) is 1. The Kier molecular flexibility index (Phi) is 7.51. The van der Waals surface area contributed by atoms with E-state index in [2.05, 4.69) is 10.2 Å². The molecule has 0 fully saturated rings. The molecule has 0 saturated carbocycles. The van der Waals surface area contributed by atoms with Gasteiger partial charge in [0, 0.05) is 27.1 Å². The topological polar surface area (TPSA) is 67.4 Å². The quantitative estimate of drug-likeness (QED) is 0.250. The molecule has 37 heavy (non-hydrogen) atoms. The second-order valence-corrected chi connectivity index (χ2v) is 11.7. The van der Waals surface area contributed by atoms with Gasteiger partial charge < -0.3 is 5.73 Å². The van der Waals surface area contributed by atoms with Crippen LogP contribution in [0.5, 0.6) is 0 Å². The molecule has 0 spiro atoms. The third kappa shape index (κ3) is 4.98. The standard InChI is InChI=1S/C26H21Cl2F2N5S2/c1-15-32-33-25(36-15)35-26(20-7-3-5-9-22(20)28,13-16(14-31)18-6-2-4-8-21(18)27)37-24(34-35)19-12-17(29)10-11-23(19)30/h2-12,16H,13-14,31H2,1H3. The number of nitrogens with two attached hydrogens (primary N) is 1. The van der Waals surface area contributed by atoms with Crippen LogP contribution in [-0.4, -0.2) is 21.8 Å². The van der Waals surface area contributed by atoms with Crippen molar-refractivity contribution in [2.45, 2.75) is 24.1 Å². The summed E-state index contributed by atoms with van der Waals surface area (Å²) in [6.07, 6.45) is 0.393. The molecule has 1 aliphatic rings. The number of hydrazone groups is 1. The average molecular weight is 577 g/mol. The maximum atomic E-state index is 15.0. The normalized spacial score (nSPS) is 18.2. The predicted molar refractivity (Wildman–Crippen MR) is 149 cm³/mol. The molecule has 11 heteroatoms. The lowest BCUT2D eigenvalue weighted by Gasteiger charge is -2.38. The molecule has 2 unspecified atom stereocenters. The Morgan fingerprint density at radius 2 is 1.73 bits per heavy atom. The smallest absolute Gasteiger partial charge is 0.230 e. The molecule has 0 bridgehead atoms. The molecular formula is C26H21Cl2F2N5S2. The summed E-state index contributed by atoms with van der Waals surface area (Å²) in [5.74, 6) is -1.37. The van der Waals surface area contributed by atoms with E-state index in [1.165, 1.54) is 23.1 Å². The number of rotatable bonds is 7. The molecule has 5 nitrogen and oxygen atoms in total. The van der Waals surface area contributed by atoms with Crippen LogP contribution < -0.4 is 10.7 Å². The summed E-state index contributed by atoms with van der Waals surface area (Å²) in [7, 11) is 0. The SMILES string of the molecule is Cc1nnc(N2N=C(c3cc(F)ccc3F)SC2(CC(CN)c2ccccc2Cl)c2ccccc2Cl)s1. The van der Waals surface area contributed by atoms with E-state index in [9.17, 15) is 8.78 Å². The molecule has 1 aromatic heterocycles. The zero-order valence-electron chi connectivity index (χ0n) is 19.5. The summed E-state index contributed by atoms with van der Waals surface area (Å²) in [5.41, 5.74) is 7.97. The lowest BCUT2D eigenvalue weighted by molar-refractivity contribution is 0.481. The Bertz CT molecular complexity index is 1480. The van der Waals surface area contributed by atoms with Gasteiger partial charge in [-0.05, 0) is 55.8 Å². The summed E-state index contributed by atoms with van der Waals surface area (Å²) in [6, 6.07) is 18.2. The summed E-state index contributed by atoms with van der Waals surface area (Å²) >= 11 is 16.0. The third-order valence-corrected chi connectivity index (χ3v) is 8.98. The Morgan fingerprint density at radius 1 is 1.00 bits per heavy atom. The Hall–Kier alpha value is -2.56. The fraction of sp³-hybridized carbons (Fsp3) is 0.192. The van der Waals surface area contributed by atoms with E-state index in [4.69, 9.17) is 34.0 Å². The van der Waals surface area contributed by atoms with Crippen molar-refractivity contribution >= 4 is 56.5 Å². The number of halogens is 4. The molecule has 1 aliphatic heterocycles. The lowest BCUT2D eigenvalue weighted by Crippen LogP contribution is -2.40. The van der Waals surface area contributed by atoms with Crippen LogP contribution in [0.1, 0.15) is 34.0 Å². The van der Waals surface area contributed by atoms with Gasteiger partial charge in [0.05, 0.1) is 0 Å². The third-order valence-electron chi connectivity index (χ3n) is 6.10. The molecule has 190 valence electrons. The minimum Gasteiger partial charge on any atom is -0.330 e. The van der Waals surface area contributed by atoms with Gasteiger partial charge in [-0.15, -0.1) is 10.2 Å². The van der Waals surface area contributed by atoms with Crippen molar-refractivity contribution in [1.29, 1.82) is 0 Å². The van der Waals surface area contributed by atoms with Crippen LogP contribution in [0, 0.1) is 18.6 Å². The zero-order chi connectivity index (χ0) is 26.2. The Balaban J connectivity index is 1.73. The van der Waals surface area contributed by atoms with E-state index in [0.717, 1.165) is 34.3 Å². The molecule has 0 radical (unpaired) electrons. The highest BCUT2D eigenvalue weighted by molar-refractivity contribution is 8.15. The second kappa shape index (κ2) is 10.7. The molecule has 0 amide bonds. The van der Waals surface area contributed by atoms with Crippen molar-refractivity contribution < 1.29 is 8.78 Å². The maximum Gasteiger partial charge on any atom is 0.230 e. The predicted octanol–water partition coefficient (Wildman–Crippen LogP) is 7.33. The monoisotopic (exact) mass is 575 g/mol. The van der Waals surface area contributed by atoms with Crippen molar-refractivity contribution in [1.82, 2.24) is 10.2 Å². The van der Waals surface area contributed by atoms with E-state index >= 15 is 0 Å². The van der Waals surface area contributed by atoms with Crippen LogP contribution in [0.15, 0.2) is 71.8 Å². The van der Waals surface area contributed by atoms with Gasteiger partial charge in [-0.1, -0.05) is 82.7 Å². The van der Waals surface area contributed by atoms with Crippen LogP contribution in [0.3, 0.4) is 0 Å². The van der Waals surface area contributed by atoms with E-state index in [1.807, 2.05) is 49.4 Å². The summed E-state index contributed by atoms with van der Waals surface area (Å²) in [5, 5.41) is 17.6. The van der Waals surface area contributed by atoms with Crippen LogP contribution in [0.4, 0.5) is 13.9 Å². The van der Waals surface area contributed by atoms with Crippen molar-refractivity contribution in [3.8, 4) is 0 Å². The van der Waals surface area contributed by atoms with E-state index in [0.29, 0.717) is 26.6 Å². The van der Waals surface area contributed by atoms with Crippen LogP contribution in [0.2, 0.25) is 10.0 Å². The fourth-order valence-corrected chi connectivity index (χ4v) is 7.28. The van der Waals surface area contributed by atoms with Gasteiger partial charge in [0.2, 0.25) is 5.13 Å². The first kappa shape index (κ1) is 26.1. The highest BCUT2D eigenvalue weighted by Crippen LogP contribution is 2.56. The van der Waals surface area contributed by atoms with E-state index in [1.54, 1.807) is 11.1 Å². The van der Waals surface area contributed by atoms with Crippen LogP contribution in [-0.2, 0) is 4.87 Å².